The number of carbonyl (C=O) groups excluding carboxylic acids is 2. The lowest BCUT2D eigenvalue weighted by molar-refractivity contribution is -0.126. The first-order chi connectivity index (χ1) is 17.3. The van der Waals surface area contributed by atoms with Crippen LogP contribution in [0.25, 0.3) is 22.8 Å². The molecular weight excluding hydrogens is 458 g/mol. The number of carboxylic acids is 1. The fourth-order valence-corrected chi connectivity index (χ4v) is 5.33. The van der Waals surface area contributed by atoms with Crippen molar-refractivity contribution in [3.63, 3.8) is 0 Å². The van der Waals surface area contributed by atoms with E-state index in [1.807, 2.05) is 35.2 Å². The Morgan fingerprint density at radius 3 is 2.56 bits per heavy atom. The Labute approximate surface area is 208 Å². The molecule has 1 atom stereocenters. The molecule has 2 aliphatic rings. The number of nitrogens with two attached hydrogens (primary N) is 1. The van der Waals surface area contributed by atoms with E-state index < -0.39 is 18.0 Å². The smallest absolute Gasteiger partial charge is 0.337 e. The molecule has 1 fully saturated rings. The van der Waals surface area contributed by atoms with Crippen LogP contribution in [0.1, 0.15) is 51.9 Å². The van der Waals surface area contributed by atoms with Crippen LogP contribution < -0.4 is 11.1 Å². The molecule has 1 unspecified atom stereocenters. The number of amides is 2. The summed E-state index contributed by atoms with van der Waals surface area (Å²) in [5, 5.41) is 12.8. The van der Waals surface area contributed by atoms with Crippen molar-refractivity contribution in [3.05, 3.63) is 70.8 Å². The second-order valence-electron chi connectivity index (χ2n) is 9.18. The summed E-state index contributed by atoms with van der Waals surface area (Å²) in [6, 6.07) is 9.46. The number of primary amides is 1. The van der Waals surface area contributed by atoms with Gasteiger partial charge in [-0.05, 0) is 56.0 Å². The third-order valence-electron chi connectivity index (χ3n) is 7.02. The highest BCUT2D eigenvalue weighted by Gasteiger charge is 2.34. The maximum Gasteiger partial charge on any atom is 0.337 e. The van der Waals surface area contributed by atoms with Gasteiger partial charge in [-0.25, -0.2) is 4.79 Å². The van der Waals surface area contributed by atoms with Gasteiger partial charge in [0.15, 0.2) is 6.17 Å². The summed E-state index contributed by atoms with van der Waals surface area (Å²) in [5.41, 5.74) is 10.9. The van der Waals surface area contributed by atoms with Crippen molar-refractivity contribution < 1.29 is 19.5 Å². The number of nitrogens with zero attached hydrogens (tertiary/aromatic N) is 3. The Bertz CT molecular complexity index is 1420. The number of likely N-dealkylation sites (tertiary alicyclic amines) is 1. The molecule has 2 amide bonds. The first-order valence-corrected chi connectivity index (χ1v) is 11.8. The maximum absolute atomic E-state index is 13.1. The highest BCUT2D eigenvalue weighted by atomic mass is 16.4. The van der Waals surface area contributed by atoms with E-state index in [4.69, 9.17) is 5.73 Å². The summed E-state index contributed by atoms with van der Waals surface area (Å²) in [6.07, 6.45) is 6.14. The number of carboxylic acid groups (broad SMARTS) is 1. The molecule has 0 radical (unpaired) electrons. The van der Waals surface area contributed by atoms with Gasteiger partial charge < -0.3 is 20.7 Å². The lowest BCUT2D eigenvalue weighted by atomic mass is 10.00. The van der Waals surface area contributed by atoms with Crippen LogP contribution in [0.5, 0.6) is 0 Å². The highest BCUT2D eigenvalue weighted by Crippen LogP contribution is 2.38. The normalized spacial score (nSPS) is 17.3. The van der Waals surface area contributed by atoms with Crippen LogP contribution in [0.4, 0.5) is 5.69 Å². The van der Waals surface area contributed by atoms with E-state index in [1.54, 1.807) is 36.9 Å². The second kappa shape index (κ2) is 9.09. The topological polar surface area (TPSA) is 131 Å². The molecule has 5 rings (SSSR count). The molecule has 0 bridgehead atoms. The zero-order chi connectivity index (χ0) is 25.6. The Morgan fingerprint density at radius 1 is 1.17 bits per heavy atom. The summed E-state index contributed by atoms with van der Waals surface area (Å²) >= 11 is 0. The Morgan fingerprint density at radius 2 is 1.92 bits per heavy atom. The number of carbonyl (C=O) groups is 3. The molecule has 0 saturated carbocycles. The Kier molecular flexibility index (Phi) is 5.93. The van der Waals surface area contributed by atoms with Crippen molar-refractivity contribution in [1.82, 2.24) is 14.5 Å². The molecule has 184 valence electrons. The van der Waals surface area contributed by atoms with Crippen LogP contribution in [0.2, 0.25) is 0 Å². The number of aromatic carboxylic acids is 1. The van der Waals surface area contributed by atoms with Crippen molar-refractivity contribution in [2.45, 2.75) is 32.9 Å². The van der Waals surface area contributed by atoms with Crippen LogP contribution in [0.3, 0.4) is 0 Å². The van der Waals surface area contributed by atoms with Gasteiger partial charge in [0.05, 0.1) is 11.1 Å². The lowest BCUT2D eigenvalue weighted by Crippen LogP contribution is -2.41. The molecule has 0 aliphatic carbocycles. The molecule has 9 nitrogen and oxygen atoms in total. The van der Waals surface area contributed by atoms with Crippen LogP contribution >= 0.6 is 0 Å². The highest BCUT2D eigenvalue weighted by molar-refractivity contribution is 6.35. The molecule has 9 heteroatoms. The number of anilines is 1. The van der Waals surface area contributed by atoms with Gasteiger partial charge in [-0.2, -0.15) is 0 Å². The third kappa shape index (κ3) is 3.87. The zero-order valence-corrected chi connectivity index (χ0v) is 20.1. The van der Waals surface area contributed by atoms with E-state index in [2.05, 4.69) is 10.3 Å². The van der Waals surface area contributed by atoms with E-state index in [-0.39, 0.29) is 11.5 Å². The number of hydrogen-bond acceptors (Lipinski definition) is 5. The van der Waals surface area contributed by atoms with Gasteiger partial charge in [0.2, 0.25) is 0 Å². The maximum atomic E-state index is 13.1. The zero-order valence-electron chi connectivity index (χ0n) is 20.1. The van der Waals surface area contributed by atoms with E-state index in [0.29, 0.717) is 46.9 Å². The lowest BCUT2D eigenvalue weighted by Gasteiger charge is -2.29. The Balaban J connectivity index is 1.66. The van der Waals surface area contributed by atoms with E-state index in [0.717, 1.165) is 24.0 Å². The van der Waals surface area contributed by atoms with Gasteiger partial charge in [0.25, 0.3) is 11.8 Å². The van der Waals surface area contributed by atoms with Crippen molar-refractivity contribution in [3.8, 4) is 11.1 Å². The van der Waals surface area contributed by atoms with Crippen molar-refractivity contribution in [2.75, 3.05) is 18.4 Å². The van der Waals surface area contributed by atoms with Crippen LogP contribution in [0, 0.1) is 13.8 Å². The first kappa shape index (κ1) is 23.5. The number of benzene rings is 1. The summed E-state index contributed by atoms with van der Waals surface area (Å²) in [5.74, 6) is -1.96. The number of rotatable bonds is 6. The number of hydrogen-bond donors (Lipinski definition) is 3. The van der Waals surface area contributed by atoms with Gasteiger partial charge in [0, 0.05) is 53.7 Å². The van der Waals surface area contributed by atoms with Crippen molar-refractivity contribution in [2.24, 2.45) is 5.73 Å². The molecule has 2 aliphatic heterocycles. The average Bonchev–Trinajstić information content (AvgIpc) is 3.53. The molecule has 36 heavy (non-hydrogen) atoms. The minimum atomic E-state index is -1.09. The molecule has 4 heterocycles. The summed E-state index contributed by atoms with van der Waals surface area (Å²) in [4.78, 5) is 44.0. The summed E-state index contributed by atoms with van der Waals surface area (Å²) in [6.45, 7) is 4.74. The molecule has 1 aromatic carbocycles. The van der Waals surface area contributed by atoms with Crippen molar-refractivity contribution >= 4 is 35.1 Å². The quantitative estimate of drug-likeness (QED) is 0.459. The fraction of sp³-hybridized carbons (Fsp3) is 0.259. The molecule has 2 aromatic heterocycles. The van der Waals surface area contributed by atoms with Crippen molar-refractivity contribution in [1.29, 1.82) is 0 Å². The monoisotopic (exact) mass is 485 g/mol. The van der Waals surface area contributed by atoms with Gasteiger partial charge in [-0.15, -0.1) is 0 Å². The molecule has 3 aromatic rings. The van der Waals surface area contributed by atoms with E-state index >= 15 is 0 Å². The van der Waals surface area contributed by atoms with Gasteiger partial charge >= 0.3 is 5.97 Å². The SMILES string of the molecule is Cc1c(C(=O)O)c(C)n(C(C(N)=O)N2CCCC2)c1C=C1C(=O)Nc2cc(-c3cccnc3)ccc21. The minimum absolute atomic E-state index is 0.109. The largest absolute Gasteiger partial charge is 0.478 e. The number of aromatic nitrogens is 2. The fourth-order valence-electron chi connectivity index (χ4n) is 5.33. The van der Waals surface area contributed by atoms with Gasteiger partial charge in [-0.1, -0.05) is 18.2 Å². The van der Waals surface area contributed by atoms with Crippen LogP contribution in [-0.4, -0.2) is 50.4 Å². The summed E-state index contributed by atoms with van der Waals surface area (Å²) in [7, 11) is 0. The number of pyridine rings is 1. The molecule has 4 N–H and O–H groups in total. The first-order valence-electron chi connectivity index (χ1n) is 11.8. The standard InChI is InChI=1S/C27H27N5O4/c1-15-22(32(16(2)23(15)27(35)36)26(24(28)33)31-10-3-4-11-31)13-20-19-8-7-17(12-21(19)30-25(20)34)18-6-5-9-29-14-18/h5-9,12-14,26H,3-4,10-11H2,1-2H3,(H2,28,33)(H,30,34)(H,35,36). The number of fused-ring (bicyclic) bond motifs is 1. The molecular formula is C27H27N5O4. The predicted molar refractivity (Wildman–Crippen MR) is 136 cm³/mol. The number of nitrogens with one attached hydrogen (secondary N) is 1. The van der Waals surface area contributed by atoms with Gasteiger partial charge in [0.1, 0.15) is 0 Å². The Hall–Kier alpha value is -4.24. The van der Waals surface area contributed by atoms with Crippen LogP contribution in [0.15, 0.2) is 42.7 Å². The average molecular weight is 486 g/mol. The minimum Gasteiger partial charge on any atom is -0.478 e. The summed E-state index contributed by atoms with van der Waals surface area (Å²) < 4.78 is 1.68. The van der Waals surface area contributed by atoms with E-state index in [9.17, 15) is 19.5 Å². The molecule has 0 spiro atoms. The molecule has 1 saturated heterocycles. The third-order valence-corrected chi connectivity index (χ3v) is 7.02. The second-order valence-corrected chi connectivity index (χ2v) is 9.18. The van der Waals surface area contributed by atoms with Crippen LogP contribution in [-0.2, 0) is 9.59 Å². The predicted octanol–water partition coefficient (Wildman–Crippen LogP) is 3.44. The van der Waals surface area contributed by atoms with E-state index in [1.165, 1.54) is 0 Å². The van der Waals surface area contributed by atoms with Gasteiger partial charge in [-0.3, -0.25) is 19.5 Å².